The van der Waals surface area contributed by atoms with Gasteiger partial charge in [-0.15, -0.1) is 0 Å². The fourth-order valence-corrected chi connectivity index (χ4v) is 3.05. The van der Waals surface area contributed by atoms with Crippen molar-refractivity contribution >= 4 is 23.3 Å². The molecule has 0 unspecified atom stereocenters. The highest BCUT2D eigenvalue weighted by Gasteiger charge is 2.41. The van der Waals surface area contributed by atoms with Gasteiger partial charge in [-0.2, -0.15) is 5.26 Å². The topological polar surface area (TPSA) is 73.1 Å². The number of hydrogen-bond donors (Lipinski definition) is 2. The fraction of sp³-hybridized carbons (Fsp3) is 0.500. The van der Waals surface area contributed by atoms with Crippen LogP contribution >= 0.6 is 11.6 Å². The lowest BCUT2D eigenvalue weighted by Crippen LogP contribution is -2.41. The van der Waals surface area contributed by atoms with Crippen molar-refractivity contribution in [1.29, 1.82) is 5.26 Å². The summed E-state index contributed by atoms with van der Waals surface area (Å²) in [4.78, 5) is 11.7. The van der Waals surface area contributed by atoms with Gasteiger partial charge in [-0.05, 0) is 43.7 Å². The van der Waals surface area contributed by atoms with E-state index in [0.29, 0.717) is 41.6 Å². The van der Waals surface area contributed by atoms with Gasteiger partial charge < -0.3 is 10.4 Å². The Morgan fingerprint density at radius 1 is 1.52 bits per heavy atom. The molecule has 1 aliphatic carbocycles. The van der Waals surface area contributed by atoms with E-state index in [2.05, 4.69) is 18.3 Å². The molecule has 0 spiro atoms. The van der Waals surface area contributed by atoms with Gasteiger partial charge in [0.2, 0.25) is 0 Å². The highest BCUT2D eigenvalue weighted by molar-refractivity contribution is 6.32. The quantitative estimate of drug-likeness (QED) is 0.884. The number of nitrogens with zero attached hydrogens (tertiary/aromatic N) is 1. The molecule has 2 rings (SSSR count). The fourth-order valence-electron chi connectivity index (χ4n) is 2.83. The van der Waals surface area contributed by atoms with Gasteiger partial charge in [-0.1, -0.05) is 24.6 Å². The van der Waals surface area contributed by atoms with Crippen molar-refractivity contribution in [2.24, 2.45) is 11.3 Å². The first-order valence-electron chi connectivity index (χ1n) is 7.14. The molecule has 112 valence electrons. The minimum absolute atomic E-state index is 0.323. The molecule has 0 saturated heterocycles. The number of halogens is 1. The summed E-state index contributed by atoms with van der Waals surface area (Å²) >= 11 is 5.99. The average Bonchev–Trinajstić information content (AvgIpc) is 2.47. The molecule has 1 fully saturated rings. The normalized spacial score (nSPS) is 25.1. The number of nitrogens with one attached hydrogen (secondary N) is 1. The van der Waals surface area contributed by atoms with Gasteiger partial charge in [-0.3, -0.25) is 4.79 Å². The molecule has 21 heavy (non-hydrogen) atoms. The van der Waals surface area contributed by atoms with Crippen LogP contribution in [0.1, 0.15) is 38.2 Å². The molecular formula is C16H19ClN2O2. The third-order valence-corrected chi connectivity index (χ3v) is 4.74. The van der Waals surface area contributed by atoms with Crippen LogP contribution in [0.3, 0.4) is 0 Å². The molecule has 0 heterocycles. The highest BCUT2D eigenvalue weighted by atomic mass is 35.5. The van der Waals surface area contributed by atoms with Crippen molar-refractivity contribution < 1.29 is 9.90 Å². The average molecular weight is 307 g/mol. The maximum absolute atomic E-state index is 11.7. The summed E-state index contributed by atoms with van der Waals surface area (Å²) in [7, 11) is 0. The molecule has 1 aromatic carbocycles. The van der Waals surface area contributed by atoms with Crippen LogP contribution in [-0.4, -0.2) is 17.6 Å². The van der Waals surface area contributed by atoms with Crippen LogP contribution in [0.5, 0.6) is 0 Å². The van der Waals surface area contributed by atoms with Gasteiger partial charge >= 0.3 is 5.97 Å². The van der Waals surface area contributed by atoms with E-state index in [1.165, 1.54) is 0 Å². The minimum atomic E-state index is -0.762. The molecule has 0 bridgehead atoms. The second kappa shape index (κ2) is 6.36. The Bertz CT molecular complexity index is 572. The Morgan fingerprint density at radius 2 is 2.19 bits per heavy atom. The minimum Gasteiger partial charge on any atom is -0.481 e. The van der Waals surface area contributed by atoms with Crippen LogP contribution < -0.4 is 5.32 Å². The van der Waals surface area contributed by atoms with Crippen molar-refractivity contribution in [3.05, 3.63) is 28.8 Å². The smallest absolute Gasteiger partial charge is 0.311 e. The van der Waals surface area contributed by atoms with E-state index < -0.39 is 11.4 Å². The number of benzene rings is 1. The SMILES string of the molecule is CC1CCC(CNc2cccc(Cl)c2C#N)(C(=O)O)CC1. The lowest BCUT2D eigenvalue weighted by Gasteiger charge is -2.36. The number of carboxylic acid groups (broad SMARTS) is 1. The van der Waals surface area contributed by atoms with Crippen LogP contribution in [0.2, 0.25) is 5.02 Å². The molecule has 0 radical (unpaired) electrons. The molecule has 5 heteroatoms. The van der Waals surface area contributed by atoms with Gasteiger partial charge in [0.25, 0.3) is 0 Å². The van der Waals surface area contributed by atoms with Gasteiger partial charge in [0.05, 0.1) is 21.7 Å². The summed E-state index contributed by atoms with van der Waals surface area (Å²) in [5.74, 6) is -0.180. The van der Waals surface area contributed by atoms with Gasteiger partial charge in [0.1, 0.15) is 6.07 Å². The molecule has 0 atom stereocenters. The van der Waals surface area contributed by atoms with E-state index in [0.717, 1.165) is 12.8 Å². The van der Waals surface area contributed by atoms with Crippen molar-refractivity contribution in [2.75, 3.05) is 11.9 Å². The zero-order valence-electron chi connectivity index (χ0n) is 12.0. The first-order chi connectivity index (χ1) is 9.98. The Labute approximate surface area is 129 Å². The van der Waals surface area contributed by atoms with Crippen molar-refractivity contribution in [3.8, 4) is 6.07 Å². The summed E-state index contributed by atoms with van der Waals surface area (Å²) in [6, 6.07) is 7.22. The standard InChI is InChI=1S/C16H19ClN2O2/c1-11-5-7-16(8-6-11,15(20)21)10-19-14-4-2-3-13(17)12(14)9-18/h2-4,11,19H,5-8,10H2,1H3,(H,20,21). The van der Waals surface area contributed by atoms with E-state index in [9.17, 15) is 9.90 Å². The molecule has 0 aromatic heterocycles. The van der Waals surface area contributed by atoms with Gasteiger partial charge in [0, 0.05) is 6.54 Å². The number of nitriles is 1. The van der Waals surface area contributed by atoms with E-state index in [4.69, 9.17) is 16.9 Å². The largest absolute Gasteiger partial charge is 0.481 e. The predicted octanol–water partition coefficient (Wildman–Crippen LogP) is 3.90. The predicted molar refractivity (Wildman–Crippen MR) is 82.4 cm³/mol. The molecule has 0 aliphatic heterocycles. The summed E-state index contributed by atoms with van der Waals surface area (Å²) in [5, 5.41) is 22.3. The molecular weight excluding hydrogens is 288 g/mol. The summed E-state index contributed by atoms with van der Waals surface area (Å²) in [6.07, 6.45) is 3.18. The van der Waals surface area contributed by atoms with Crippen molar-refractivity contribution in [1.82, 2.24) is 0 Å². The number of carboxylic acids is 1. The van der Waals surface area contributed by atoms with Crippen LogP contribution in [0.15, 0.2) is 18.2 Å². The zero-order chi connectivity index (χ0) is 15.5. The monoisotopic (exact) mass is 306 g/mol. The maximum atomic E-state index is 11.7. The molecule has 0 amide bonds. The number of aliphatic carboxylic acids is 1. The van der Waals surface area contributed by atoms with Crippen LogP contribution in [0.4, 0.5) is 5.69 Å². The highest BCUT2D eigenvalue weighted by Crippen LogP contribution is 2.39. The van der Waals surface area contributed by atoms with E-state index in [1.54, 1.807) is 18.2 Å². The number of anilines is 1. The second-order valence-corrected chi connectivity index (χ2v) is 6.30. The molecule has 2 N–H and O–H groups in total. The lowest BCUT2D eigenvalue weighted by atomic mass is 9.70. The van der Waals surface area contributed by atoms with E-state index >= 15 is 0 Å². The van der Waals surface area contributed by atoms with Crippen LogP contribution in [-0.2, 0) is 4.79 Å². The first kappa shape index (κ1) is 15.7. The maximum Gasteiger partial charge on any atom is 0.311 e. The molecule has 1 aliphatic rings. The zero-order valence-corrected chi connectivity index (χ0v) is 12.8. The molecule has 1 saturated carbocycles. The summed E-state index contributed by atoms with van der Waals surface area (Å²) in [5.41, 5.74) is 0.217. The third-order valence-electron chi connectivity index (χ3n) is 4.43. The number of rotatable bonds is 4. The summed E-state index contributed by atoms with van der Waals surface area (Å²) in [6.45, 7) is 2.48. The van der Waals surface area contributed by atoms with Crippen LogP contribution in [0, 0.1) is 22.7 Å². The summed E-state index contributed by atoms with van der Waals surface area (Å²) < 4.78 is 0. The van der Waals surface area contributed by atoms with Gasteiger partial charge in [0.15, 0.2) is 0 Å². The molecule has 4 nitrogen and oxygen atoms in total. The first-order valence-corrected chi connectivity index (χ1v) is 7.52. The number of carbonyl (C=O) groups is 1. The van der Waals surface area contributed by atoms with Gasteiger partial charge in [-0.25, -0.2) is 0 Å². The Morgan fingerprint density at radius 3 is 2.76 bits per heavy atom. The van der Waals surface area contributed by atoms with Crippen molar-refractivity contribution in [3.63, 3.8) is 0 Å². The number of hydrogen-bond acceptors (Lipinski definition) is 3. The second-order valence-electron chi connectivity index (χ2n) is 5.90. The van der Waals surface area contributed by atoms with Crippen LogP contribution in [0.25, 0.3) is 0 Å². The lowest BCUT2D eigenvalue weighted by molar-refractivity contribution is -0.150. The molecule has 1 aromatic rings. The Balaban J connectivity index is 2.15. The Kier molecular flexibility index (Phi) is 4.74. The van der Waals surface area contributed by atoms with E-state index in [1.807, 2.05) is 0 Å². The van der Waals surface area contributed by atoms with Crippen molar-refractivity contribution in [2.45, 2.75) is 32.6 Å². The van der Waals surface area contributed by atoms with E-state index in [-0.39, 0.29) is 0 Å². The Hall–Kier alpha value is -1.73. The third kappa shape index (κ3) is 3.30.